The molecular formula is C17H18N6O. The van der Waals surface area contributed by atoms with Crippen molar-refractivity contribution in [1.82, 2.24) is 20.0 Å². The molecule has 122 valence electrons. The van der Waals surface area contributed by atoms with E-state index in [4.69, 9.17) is 5.26 Å². The molecular weight excluding hydrogens is 304 g/mol. The number of anilines is 1. The highest BCUT2D eigenvalue weighted by Gasteiger charge is 2.30. The Morgan fingerprint density at radius 2 is 2.08 bits per heavy atom. The van der Waals surface area contributed by atoms with Gasteiger partial charge in [-0.05, 0) is 17.7 Å². The Balaban J connectivity index is 1.33. The fourth-order valence-corrected chi connectivity index (χ4v) is 3.17. The summed E-state index contributed by atoms with van der Waals surface area (Å²) in [5.74, 6) is 0. The monoisotopic (exact) mass is 322 g/mol. The lowest BCUT2D eigenvalue weighted by molar-refractivity contribution is 0.0909. The van der Waals surface area contributed by atoms with E-state index in [-0.39, 0.29) is 6.03 Å². The standard InChI is InChI=1S/C17H18N6O/c18-7-13-1-3-14(4-2-13)9-21-10-16(11-21)23-12-15(8-20-23)22-6-5-19-17(22)24/h1-4,8,12,16H,5-6,9-11H2,(H,19,24). The smallest absolute Gasteiger partial charge is 0.322 e. The highest BCUT2D eigenvalue weighted by Crippen LogP contribution is 2.25. The van der Waals surface area contributed by atoms with Gasteiger partial charge in [0.25, 0.3) is 0 Å². The third-order valence-electron chi connectivity index (χ3n) is 4.56. The summed E-state index contributed by atoms with van der Waals surface area (Å²) in [5, 5.41) is 16.0. The molecule has 2 aromatic rings. The number of carbonyl (C=O) groups is 1. The molecule has 1 aromatic heterocycles. The van der Waals surface area contributed by atoms with Crippen molar-refractivity contribution >= 4 is 11.7 Å². The van der Waals surface area contributed by atoms with Crippen molar-refractivity contribution in [3.05, 3.63) is 47.8 Å². The molecule has 0 bridgehead atoms. The molecule has 3 heterocycles. The van der Waals surface area contributed by atoms with Gasteiger partial charge >= 0.3 is 6.03 Å². The molecule has 2 fully saturated rings. The zero-order chi connectivity index (χ0) is 16.5. The van der Waals surface area contributed by atoms with Gasteiger partial charge in [0.05, 0.1) is 29.6 Å². The van der Waals surface area contributed by atoms with Gasteiger partial charge in [-0.15, -0.1) is 0 Å². The van der Waals surface area contributed by atoms with Crippen LogP contribution >= 0.6 is 0 Å². The molecule has 24 heavy (non-hydrogen) atoms. The number of amides is 2. The van der Waals surface area contributed by atoms with Crippen LogP contribution in [0.25, 0.3) is 0 Å². The third kappa shape index (κ3) is 2.72. The van der Waals surface area contributed by atoms with Gasteiger partial charge < -0.3 is 5.32 Å². The summed E-state index contributed by atoms with van der Waals surface area (Å²) in [7, 11) is 0. The van der Waals surface area contributed by atoms with Crippen LogP contribution in [-0.2, 0) is 6.54 Å². The van der Waals surface area contributed by atoms with Crippen molar-refractivity contribution in [3.63, 3.8) is 0 Å². The molecule has 2 aliphatic rings. The van der Waals surface area contributed by atoms with Gasteiger partial charge in [-0.2, -0.15) is 10.4 Å². The molecule has 0 saturated carbocycles. The average molecular weight is 322 g/mol. The van der Waals surface area contributed by atoms with E-state index in [9.17, 15) is 4.79 Å². The van der Waals surface area contributed by atoms with Crippen LogP contribution in [0.5, 0.6) is 0 Å². The van der Waals surface area contributed by atoms with E-state index in [0.717, 1.165) is 25.3 Å². The summed E-state index contributed by atoms with van der Waals surface area (Å²) in [6, 6.07) is 10.2. The fourth-order valence-electron chi connectivity index (χ4n) is 3.17. The molecule has 7 nitrogen and oxygen atoms in total. The lowest BCUT2D eigenvalue weighted by Crippen LogP contribution is -2.47. The van der Waals surface area contributed by atoms with Crippen LogP contribution in [0.15, 0.2) is 36.7 Å². The zero-order valence-electron chi connectivity index (χ0n) is 13.2. The molecule has 4 rings (SSSR count). The van der Waals surface area contributed by atoms with Crippen molar-refractivity contribution in [1.29, 1.82) is 5.26 Å². The normalized spacial score (nSPS) is 18.3. The summed E-state index contributed by atoms with van der Waals surface area (Å²) < 4.78 is 1.95. The Morgan fingerprint density at radius 3 is 2.75 bits per heavy atom. The average Bonchev–Trinajstić information content (AvgIpc) is 3.19. The SMILES string of the molecule is N#Cc1ccc(CN2CC(n3cc(N4CCNC4=O)cn3)C2)cc1. The number of nitrogens with zero attached hydrogens (tertiary/aromatic N) is 5. The minimum Gasteiger partial charge on any atom is -0.336 e. The topological polar surface area (TPSA) is 77.2 Å². The number of carbonyl (C=O) groups excluding carboxylic acids is 1. The Morgan fingerprint density at radius 1 is 1.29 bits per heavy atom. The molecule has 2 amide bonds. The van der Waals surface area contributed by atoms with Crippen LogP contribution in [-0.4, -0.2) is 46.9 Å². The molecule has 0 radical (unpaired) electrons. The highest BCUT2D eigenvalue weighted by molar-refractivity contribution is 5.93. The lowest BCUT2D eigenvalue weighted by atomic mass is 10.1. The maximum Gasteiger partial charge on any atom is 0.322 e. The molecule has 2 saturated heterocycles. The molecule has 1 aromatic carbocycles. The fraction of sp³-hybridized carbons (Fsp3) is 0.353. The van der Waals surface area contributed by atoms with Gasteiger partial charge in [0.1, 0.15) is 0 Å². The number of aromatic nitrogens is 2. The van der Waals surface area contributed by atoms with Crippen molar-refractivity contribution in [2.75, 3.05) is 31.1 Å². The van der Waals surface area contributed by atoms with Crippen LogP contribution in [0, 0.1) is 11.3 Å². The summed E-state index contributed by atoms with van der Waals surface area (Å²) in [6.45, 7) is 4.14. The summed E-state index contributed by atoms with van der Waals surface area (Å²) >= 11 is 0. The molecule has 7 heteroatoms. The largest absolute Gasteiger partial charge is 0.336 e. The van der Waals surface area contributed by atoms with Crippen molar-refractivity contribution in [3.8, 4) is 6.07 Å². The number of nitriles is 1. The summed E-state index contributed by atoms with van der Waals surface area (Å²) in [5.41, 5.74) is 2.76. The number of likely N-dealkylation sites (tertiary alicyclic amines) is 1. The first-order valence-electron chi connectivity index (χ1n) is 8.04. The molecule has 2 aliphatic heterocycles. The Kier molecular flexibility index (Phi) is 3.67. The van der Waals surface area contributed by atoms with E-state index < -0.39 is 0 Å². The maximum absolute atomic E-state index is 11.7. The Hall–Kier alpha value is -2.85. The van der Waals surface area contributed by atoms with Gasteiger partial charge in [-0.25, -0.2) is 4.79 Å². The molecule has 0 aliphatic carbocycles. The van der Waals surface area contributed by atoms with E-state index in [1.165, 1.54) is 5.56 Å². The van der Waals surface area contributed by atoms with Crippen molar-refractivity contribution < 1.29 is 4.79 Å². The van der Waals surface area contributed by atoms with Gasteiger partial charge in [0.2, 0.25) is 0 Å². The van der Waals surface area contributed by atoms with E-state index in [2.05, 4.69) is 21.4 Å². The van der Waals surface area contributed by atoms with Crippen LogP contribution in [0.2, 0.25) is 0 Å². The van der Waals surface area contributed by atoms with Gasteiger partial charge in [-0.3, -0.25) is 14.5 Å². The minimum atomic E-state index is -0.0504. The number of urea groups is 1. The third-order valence-corrected chi connectivity index (χ3v) is 4.56. The Bertz CT molecular complexity index is 784. The second kappa shape index (κ2) is 5.98. The number of rotatable bonds is 4. The van der Waals surface area contributed by atoms with Crippen molar-refractivity contribution in [2.45, 2.75) is 12.6 Å². The quantitative estimate of drug-likeness (QED) is 0.921. The molecule has 1 N–H and O–H groups in total. The van der Waals surface area contributed by atoms with E-state index in [1.54, 1.807) is 11.1 Å². The first kappa shape index (κ1) is 14.7. The highest BCUT2D eigenvalue weighted by atomic mass is 16.2. The number of hydrogen-bond donors (Lipinski definition) is 1. The zero-order valence-corrected chi connectivity index (χ0v) is 13.2. The van der Waals surface area contributed by atoms with Crippen LogP contribution in [0.1, 0.15) is 17.2 Å². The first-order chi connectivity index (χ1) is 11.7. The minimum absolute atomic E-state index is 0.0504. The van der Waals surface area contributed by atoms with Gasteiger partial charge in [0, 0.05) is 38.9 Å². The first-order valence-corrected chi connectivity index (χ1v) is 8.04. The maximum atomic E-state index is 11.7. The number of benzene rings is 1. The second-order valence-corrected chi connectivity index (χ2v) is 6.22. The van der Waals surface area contributed by atoms with Crippen molar-refractivity contribution in [2.24, 2.45) is 0 Å². The van der Waals surface area contributed by atoms with Crippen LogP contribution in [0.4, 0.5) is 10.5 Å². The molecule has 0 atom stereocenters. The number of nitrogens with one attached hydrogen (secondary N) is 1. The van der Waals surface area contributed by atoms with E-state index in [0.29, 0.717) is 24.7 Å². The predicted molar refractivity (Wildman–Crippen MR) is 88.4 cm³/mol. The van der Waals surface area contributed by atoms with E-state index >= 15 is 0 Å². The molecule has 0 spiro atoms. The molecule has 0 unspecified atom stereocenters. The Labute approximate surface area is 140 Å². The van der Waals surface area contributed by atoms with Gasteiger partial charge in [-0.1, -0.05) is 12.1 Å². The lowest BCUT2D eigenvalue weighted by Gasteiger charge is -2.39. The summed E-state index contributed by atoms with van der Waals surface area (Å²) in [6.07, 6.45) is 3.71. The van der Waals surface area contributed by atoms with E-state index in [1.807, 2.05) is 35.1 Å². The second-order valence-electron chi connectivity index (χ2n) is 6.22. The summed E-state index contributed by atoms with van der Waals surface area (Å²) in [4.78, 5) is 15.7. The predicted octanol–water partition coefficient (Wildman–Crippen LogP) is 1.34. The van der Waals surface area contributed by atoms with Crippen LogP contribution in [0.3, 0.4) is 0 Å². The van der Waals surface area contributed by atoms with Crippen LogP contribution < -0.4 is 10.2 Å². The number of hydrogen-bond acceptors (Lipinski definition) is 4. The van der Waals surface area contributed by atoms with Gasteiger partial charge in [0.15, 0.2) is 0 Å².